The minimum Gasteiger partial charge on any atom is -0.303 e. The van der Waals surface area contributed by atoms with Gasteiger partial charge in [0.2, 0.25) is 0 Å². The third-order valence-electron chi connectivity index (χ3n) is 2.32. The summed E-state index contributed by atoms with van der Waals surface area (Å²) in [6.45, 7) is 0. The van der Waals surface area contributed by atoms with E-state index in [1.807, 2.05) is 48.5 Å². The fourth-order valence-electron chi connectivity index (χ4n) is 1.49. The molecule has 0 spiro atoms. The molecule has 0 atom stereocenters. The Balaban J connectivity index is 2.23. The largest absolute Gasteiger partial charge is 0.303 e. The highest BCUT2D eigenvalue weighted by Gasteiger charge is 2.03. The highest BCUT2D eigenvalue weighted by atomic mass is 35.5. The number of halogens is 1. The molecule has 0 N–H and O–H groups in total. The summed E-state index contributed by atoms with van der Waals surface area (Å²) in [4.78, 5) is 12.8. The summed E-state index contributed by atoms with van der Waals surface area (Å²) < 4.78 is 0. The summed E-state index contributed by atoms with van der Waals surface area (Å²) in [6, 6.07) is 15.6. The minimum atomic E-state index is 0.455. The van der Waals surface area contributed by atoms with Gasteiger partial charge in [-0.15, -0.1) is 0 Å². The first-order valence-electron chi connectivity index (χ1n) is 5.24. The standard InChI is InChI=1S/C14H11ClOS/c15-12-5-7-13(8-6-12)17-14-4-2-1-3-11(14)9-10-16/h1-8,10H,9H2. The molecular weight excluding hydrogens is 252 g/mol. The second kappa shape index (κ2) is 5.89. The summed E-state index contributed by atoms with van der Waals surface area (Å²) in [6.07, 6.45) is 1.39. The van der Waals surface area contributed by atoms with Crippen LogP contribution in [-0.2, 0) is 11.2 Å². The second-order valence-electron chi connectivity index (χ2n) is 3.53. The first-order valence-corrected chi connectivity index (χ1v) is 6.44. The summed E-state index contributed by atoms with van der Waals surface area (Å²) in [7, 11) is 0. The van der Waals surface area contributed by atoms with Crippen molar-refractivity contribution in [1.29, 1.82) is 0 Å². The van der Waals surface area contributed by atoms with Crippen LogP contribution in [0.2, 0.25) is 5.02 Å². The number of benzene rings is 2. The second-order valence-corrected chi connectivity index (χ2v) is 5.09. The average molecular weight is 263 g/mol. The molecule has 0 unspecified atom stereocenters. The highest BCUT2D eigenvalue weighted by molar-refractivity contribution is 7.99. The first kappa shape index (κ1) is 12.2. The van der Waals surface area contributed by atoms with Crippen molar-refractivity contribution in [2.75, 3.05) is 0 Å². The molecule has 0 aliphatic carbocycles. The Bertz CT molecular complexity index is 508. The molecule has 2 rings (SSSR count). The third kappa shape index (κ3) is 3.35. The number of hydrogen-bond acceptors (Lipinski definition) is 2. The van der Waals surface area contributed by atoms with Crippen LogP contribution >= 0.6 is 23.4 Å². The van der Waals surface area contributed by atoms with Crippen LogP contribution in [0.1, 0.15) is 5.56 Å². The zero-order valence-electron chi connectivity index (χ0n) is 9.10. The van der Waals surface area contributed by atoms with E-state index in [2.05, 4.69) is 0 Å². The Kier molecular flexibility index (Phi) is 4.24. The maximum absolute atomic E-state index is 10.6. The third-order valence-corrected chi connectivity index (χ3v) is 3.70. The van der Waals surface area contributed by atoms with Gasteiger partial charge < -0.3 is 4.79 Å². The van der Waals surface area contributed by atoms with Crippen LogP contribution in [-0.4, -0.2) is 6.29 Å². The van der Waals surface area contributed by atoms with Crippen LogP contribution < -0.4 is 0 Å². The Hall–Kier alpha value is -1.25. The van der Waals surface area contributed by atoms with Crippen LogP contribution in [0.15, 0.2) is 58.3 Å². The first-order chi connectivity index (χ1) is 8.29. The molecule has 2 aromatic rings. The van der Waals surface area contributed by atoms with Crippen LogP contribution in [0.4, 0.5) is 0 Å². The van der Waals surface area contributed by atoms with Crippen molar-refractivity contribution in [3.05, 3.63) is 59.1 Å². The van der Waals surface area contributed by atoms with E-state index in [1.54, 1.807) is 11.8 Å². The van der Waals surface area contributed by atoms with E-state index in [-0.39, 0.29) is 0 Å². The van der Waals surface area contributed by atoms with Crippen LogP contribution in [0.5, 0.6) is 0 Å². The van der Waals surface area contributed by atoms with Gasteiger partial charge in [-0.1, -0.05) is 41.6 Å². The molecule has 0 aliphatic rings. The predicted octanol–water partition coefficient (Wildman–Crippen LogP) is 4.23. The quantitative estimate of drug-likeness (QED) is 0.767. The number of aldehydes is 1. The van der Waals surface area contributed by atoms with Crippen molar-refractivity contribution in [3.8, 4) is 0 Å². The molecule has 0 saturated carbocycles. The maximum Gasteiger partial charge on any atom is 0.124 e. The van der Waals surface area contributed by atoms with Crippen molar-refractivity contribution in [2.45, 2.75) is 16.2 Å². The highest BCUT2D eigenvalue weighted by Crippen LogP contribution is 2.31. The van der Waals surface area contributed by atoms with Crippen molar-refractivity contribution in [3.63, 3.8) is 0 Å². The van der Waals surface area contributed by atoms with Gasteiger partial charge in [0.15, 0.2) is 0 Å². The fraction of sp³-hybridized carbons (Fsp3) is 0.0714. The molecule has 17 heavy (non-hydrogen) atoms. The van der Waals surface area contributed by atoms with Gasteiger partial charge in [0.1, 0.15) is 6.29 Å². The van der Waals surface area contributed by atoms with Gasteiger partial charge in [0.25, 0.3) is 0 Å². The van der Waals surface area contributed by atoms with Crippen molar-refractivity contribution in [1.82, 2.24) is 0 Å². The molecule has 2 aromatic carbocycles. The van der Waals surface area contributed by atoms with E-state index in [0.717, 1.165) is 26.7 Å². The fourth-order valence-corrected chi connectivity index (χ4v) is 2.57. The van der Waals surface area contributed by atoms with Crippen LogP contribution in [0, 0.1) is 0 Å². The molecule has 0 amide bonds. The van der Waals surface area contributed by atoms with E-state index >= 15 is 0 Å². The van der Waals surface area contributed by atoms with Gasteiger partial charge in [-0.25, -0.2) is 0 Å². The smallest absolute Gasteiger partial charge is 0.124 e. The Morgan fingerprint density at radius 3 is 2.47 bits per heavy atom. The molecule has 0 aromatic heterocycles. The Morgan fingerprint density at radius 1 is 1.06 bits per heavy atom. The number of carbonyl (C=O) groups is 1. The van der Waals surface area contributed by atoms with Gasteiger partial charge in [-0.05, 0) is 35.9 Å². The molecular formula is C14H11ClOS. The molecule has 0 aliphatic heterocycles. The van der Waals surface area contributed by atoms with Gasteiger partial charge in [0.05, 0.1) is 0 Å². The van der Waals surface area contributed by atoms with Crippen molar-refractivity contribution < 1.29 is 4.79 Å². The molecule has 1 nitrogen and oxygen atoms in total. The lowest BCUT2D eigenvalue weighted by molar-refractivity contribution is -0.107. The lowest BCUT2D eigenvalue weighted by Crippen LogP contribution is -1.88. The van der Waals surface area contributed by atoms with Crippen molar-refractivity contribution in [2.24, 2.45) is 0 Å². The van der Waals surface area contributed by atoms with Crippen molar-refractivity contribution >= 4 is 29.6 Å². The average Bonchev–Trinajstić information content (AvgIpc) is 2.35. The summed E-state index contributed by atoms with van der Waals surface area (Å²) in [5.41, 5.74) is 1.06. The van der Waals surface area contributed by atoms with E-state index in [9.17, 15) is 4.79 Å². The van der Waals surface area contributed by atoms with Crippen LogP contribution in [0.25, 0.3) is 0 Å². The number of rotatable bonds is 4. The van der Waals surface area contributed by atoms with Crippen LogP contribution in [0.3, 0.4) is 0 Å². The van der Waals surface area contributed by atoms with Gasteiger partial charge in [0, 0.05) is 21.2 Å². The summed E-state index contributed by atoms with van der Waals surface area (Å²) in [5, 5.41) is 0.732. The molecule has 0 radical (unpaired) electrons. The molecule has 0 heterocycles. The van der Waals surface area contributed by atoms with Gasteiger partial charge >= 0.3 is 0 Å². The number of hydrogen-bond donors (Lipinski definition) is 0. The predicted molar refractivity (Wildman–Crippen MR) is 71.8 cm³/mol. The zero-order chi connectivity index (χ0) is 12.1. The molecule has 86 valence electrons. The molecule has 0 fully saturated rings. The topological polar surface area (TPSA) is 17.1 Å². The number of carbonyl (C=O) groups excluding carboxylic acids is 1. The molecule has 3 heteroatoms. The van der Waals surface area contributed by atoms with E-state index in [0.29, 0.717) is 6.42 Å². The maximum atomic E-state index is 10.6. The monoisotopic (exact) mass is 262 g/mol. The molecule has 0 saturated heterocycles. The Morgan fingerprint density at radius 2 is 1.76 bits per heavy atom. The SMILES string of the molecule is O=CCc1ccccc1Sc1ccc(Cl)cc1. The summed E-state index contributed by atoms with van der Waals surface area (Å²) in [5.74, 6) is 0. The molecule has 0 bridgehead atoms. The Labute approximate surface area is 110 Å². The minimum absolute atomic E-state index is 0.455. The van der Waals surface area contributed by atoms with Gasteiger partial charge in [-0.3, -0.25) is 0 Å². The van der Waals surface area contributed by atoms with E-state index < -0.39 is 0 Å². The van der Waals surface area contributed by atoms with E-state index in [4.69, 9.17) is 11.6 Å². The lowest BCUT2D eigenvalue weighted by atomic mass is 10.2. The lowest BCUT2D eigenvalue weighted by Gasteiger charge is -2.06. The summed E-state index contributed by atoms with van der Waals surface area (Å²) >= 11 is 7.49. The van der Waals surface area contributed by atoms with Gasteiger partial charge in [-0.2, -0.15) is 0 Å². The zero-order valence-corrected chi connectivity index (χ0v) is 10.7. The van der Waals surface area contributed by atoms with E-state index in [1.165, 1.54) is 0 Å². The normalized spacial score (nSPS) is 10.2.